The molecule has 3 rings (SSSR count). The number of nitrogens with one attached hydrogen (secondary N) is 2. The second kappa shape index (κ2) is 10.3. The molecule has 2 aromatic rings. The van der Waals surface area contributed by atoms with E-state index in [1.807, 2.05) is 30.3 Å². The molecule has 0 unspecified atom stereocenters. The van der Waals surface area contributed by atoms with E-state index in [-0.39, 0.29) is 6.04 Å². The molecule has 1 aliphatic carbocycles. The predicted molar refractivity (Wildman–Crippen MR) is 106 cm³/mol. The van der Waals surface area contributed by atoms with Crippen LogP contribution in [0.15, 0.2) is 54.6 Å². The number of hydrogen-bond donors (Lipinski definition) is 2. The van der Waals surface area contributed by atoms with Crippen molar-refractivity contribution in [2.24, 2.45) is 0 Å². The number of rotatable bonds is 7. The summed E-state index contributed by atoms with van der Waals surface area (Å²) in [6, 6.07) is 15.7. The number of carbonyl (C=O) groups excluding carboxylic acids is 3. The summed E-state index contributed by atoms with van der Waals surface area (Å²) in [5.74, 6) is -0.700. The molecule has 1 aliphatic rings. The Bertz CT molecular complexity index is 830. The molecule has 1 fully saturated rings. The fraction of sp³-hybridized carbons (Fsp3) is 0.318. The van der Waals surface area contributed by atoms with Gasteiger partial charge in [0.15, 0.2) is 6.61 Å². The fourth-order valence-corrected chi connectivity index (χ4v) is 3.10. The lowest BCUT2D eigenvalue weighted by atomic mass is 10.2. The third kappa shape index (κ3) is 6.64. The highest BCUT2D eigenvalue weighted by Gasteiger charge is 2.18. The van der Waals surface area contributed by atoms with E-state index in [0.29, 0.717) is 17.9 Å². The first-order valence-electron chi connectivity index (χ1n) is 9.64. The van der Waals surface area contributed by atoms with Crippen molar-refractivity contribution in [3.63, 3.8) is 0 Å². The van der Waals surface area contributed by atoms with E-state index in [1.54, 1.807) is 24.3 Å². The van der Waals surface area contributed by atoms with E-state index >= 15 is 0 Å². The number of carbonyl (C=O) groups is 3. The normalized spacial score (nSPS) is 13.5. The molecule has 0 saturated heterocycles. The van der Waals surface area contributed by atoms with Gasteiger partial charge in [-0.3, -0.25) is 10.1 Å². The lowest BCUT2D eigenvalue weighted by Gasteiger charge is -2.12. The molecule has 152 valence electrons. The zero-order chi connectivity index (χ0) is 20.5. The van der Waals surface area contributed by atoms with E-state index in [9.17, 15) is 14.4 Å². The highest BCUT2D eigenvalue weighted by Crippen LogP contribution is 2.17. The maximum Gasteiger partial charge on any atom is 0.338 e. The largest absolute Gasteiger partial charge is 0.489 e. The Kier molecular flexibility index (Phi) is 7.22. The molecule has 0 bridgehead atoms. The van der Waals surface area contributed by atoms with E-state index in [0.717, 1.165) is 31.2 Å². The third-order valence-corrected chi connectivity index (χ3v) is 4.62. The van der Waals surface area contributed by atoms with E-state index in [2.05, 4.69) is 10.6 Å². The van der Waals surface area contributed by atoms with Gasteiger partial charge < -0.3 is 14.8 Å². The van der Waals surface area contributed by atoms with Crippen molar-refractivity contribution in [2.75, 3.05) is 6.61 Å². The minimum Gasteiger partial charge on any atom is -0.489 e. The van der Waals surface area contributed by atoms with Gasteiger partial charge in [0.25, 0.3) is 5.91 Å². The van der Waals surface area contributed by atoms with Gasteiger partial charge in [-0.05, 0) is 42.7 Å². The number of imide groups is 1. The summed E-state index contributed by atoms with van der Waals surface area (Å²) in [6.45, 7) is -0.100. The van der Waals surface area contributed by atoms with Crippen LogP contribution in [0.3, 0.4) is 0 Å². The summed E-state index contributed by atoms with van der Waals surface area (Å²) in [7, 11) is 0. The third-order valence-electron chi connectivity index (χ3n) is 4.62. The number of amides is 3. The first kappa shape index (κ1) is 20.4. The molecule has 0 heterocycles. The predicted octanol–water partition coefficient (Wildman–Crippen LogP) is 3.19. The molecule has 0 atom stereocenters. The average molecular weight is 396 g/mol. The number of urea groups is 1. The summed E-state index contributed by atoms with van der Waals surface area (Å²) < 4.78 is 10.6. The summed E-state index contributed by atoms with van der Waals surface area (Å²) in [6.07, 6.45) is 3.99. The highest BCUT2D eigenvalue weighted by molar-refractivity contribution is 5.97. The van der Waals surface area contributed by atoms with Gasteiger partial charge in [0.2, 0.25) is 0 Å². The van der Waals surface area contributed by atoms with Crippen LogP contribution in [0, 0.1) is 0 Å². The van der Waals surface area contributed by atoms with Gasteiger partial charge in [-0.15, -0.1) is 0 Å². The zero-order valence-corrected chi connectivity index (χ0v) is 16.1. The Morgan fingerprint density at radius 3 is 2.31 bits per heavy atom. The van der Waals surface area contributed by atoms with Crippen LogP contribution in [0.5, 0.6) is 5.75 Å². The molecular formula is C22H24N2O5. The van der Waals surface area contributed by atoms with Crippen molar-refractivity contribution in [3.8, 4) is 5.75 Å². The lowest BCUT2D eigenvalue weighted by molar-refractivity contribution is -0.123. The molecule has 29 heavy (non-hydrogen) atoms. The number of ether oxygens (including phenoxy) is 2. The maximum absolute atomic E-state index is 12.1. The van der Waals surface area contributed by atoms with Gasteiger partial charge in [0.05, 0.1) is 5.56 Å². The van der Waals surface area contributed by atoms with Crippen molar-refractivity contribution in [3.05, 3.63) is 65.7 Å². The zero-order valence-electron chi connectivity index (χ0n) is 16.1. The minimum atomic E-state index is -0.670. The highest BCUT2D eigenvalue weighted by atomic mass is 16.5. The van der Waals surface area contributed by atoms with Crippen LogP contribution in [0.4, 0.5) is 4.79 Å². The molecule has 2 aromatic carbocycles. The SMILES string of the molecule is O=C(COC(=O)c1ccc(OCc2ccccc2)cc1)NC(=O)NC1CCCC1. The van der Waals surface area contributed by atoms with Crippen molar-refractivity contribution in [1.82, 2.24) is 10.6 Å². The Morgan fingerprint density at radius 1 is 0.931 bits per heavy atom. The van der Waals surface area contributed by atoms with Crippen LogP contribution in [0.2, 0.25) is 0 Å². The number of esters is 1. The Balaban J connectivity index is 1.39. The molecule has 0 spiro atoms. The summed E-state index contributed by atoms with van der Waals surface area (Å²) in [5.41, 5.74) is 1.33. The smallest absolute Gasteiger partial charge is 0.338 e. The summed E-state index contributed by atoms with van der Waals surface area (Å²) in [5, 5.41) is 4.90. The maximum atomic E-state index is 12.1. The molecule has 7 nitrogen and oxygen atoms in total. The van der Waals surface area contributed by atoms with Crippen molar-refractivity contribution >= 4 is 17.9 Å². The van der Waals surface area contributed by atoms with Crippen LogP contribution in [-0.4, -0.2) is 30.6 Å². The molecule has 0 radical (unpaired) electrons. The van der Waals surface area contributed by atoms with Gasteiger partial charge in [-0.25, -0.2) is 9.59 Å². The molecular weight excluding hydrogens is 372 g/mol. The topological polar surface area (TPSA) is 93.7 Å². The molecule has 3 amide bonds. The Labute approximate surface area is 169 Å². The Hall–Kier alpha value is -3.35. The van der Waals surface area contributed by atoms with Gasteiger partial charge >= 0.3 is 12.0 Å². The van der Waals surface area contributed by atoms with E-state index in [4.69, 9.17) is 9.47 Å². The second-order valence-electron chi connectivity index (χ2n) is 6.88. The molecule has 2 N–H and O–H groups in total. The molecule has 1 saturated carbocycles. The average Bonchev–Trinajstić information content (AvgIpc) is 3.24. The summed E-state index contributed by atoms with van der Waals surface area (Å²) in [4.78, 5) is 35.6. The fourth-order valence-electron chi connectivity index (χ4n) is 3.10. The van der Waals surface area contributed by atoms with Crippen molar-refractivity contribution in [1.29, 1.82) is 0 Å². The van der Waals surface area contributed by atoms with Gasteiger partial charge in [-0.2, -0.15) is 0 Å². The minimum absolute atomic E-state index is 0.105. The molecule has 0 aromatic heterocycles. The van der Waals surface area contributed by atoms with Crippen LogP contribution >= 0.6 is 0 Å². The summed E-state index contributed by atoms with van der Waals surface area (Å²) >= 11 is 0. The van der Waals surface area contributed by atoms with Crippen LogP contribution < -0.4 is 15.4 Å². The van der Waals surface area contributed by atoms with Crippen LogP contribution in [-0.2, 0) is 16.1 Å². The quantitative estimate of drug-likeness (QED) is 0.701. The van der Waals surface area contributed by atoms with Crippen LogP contribution in [0.25, 0.3) is 0 Å². The van der Waals surface area contributed by atoms with E-state index < -0.39 is 24.5 Å². The van der Waals surface area contributed by atoms with Crippen molar-refractivity contribution in [2.45, 2.75) is 38.3 Å². The van der Waals surface area contributed by atoms with Gasteiger partial charge in [0.1, 0.15) is 12.4 Å². The molecule has 7 heteroatoms. The standard InChI is InChI=1S/C22H24N2O5/c25-20(24-22(27)23-18-8-4-5-9-18)15-29-21(26)17-10-12-19(13-11-17)28-14-16-6-2-1-3-7-16/h1-3,6-7,10-13,18H,4-5,8-9,14-15H2,(H2,23,24,25,27). The Morgan fingerprint density at radius 2 is 1.62 bits per heavy atom. The second-order valence-corrected chi connectivity index (χ2v) is 6.88. The van der Waals surface area contributed by atoms with E-state index in [1.165, 1.54) is 0 Å². The molecule has 0 aliphatic heterocycles. The number of hydrogen-bond acceptors (Lipinski definition) is 5. The lowest BCUT2D eigenvalue weighted by Crippen LogP contribution is -2.44. The van der Waals surface area contributed by atoms with Crippen LogP contribution in [0.1, 0.15) is 41.6 Å². The van der Waals surface area contributed by atoms with Gasteiger partial charge in [0, 0.05) is 6.04 Å². The monoisotopic (exact) mass is 396 g/mol. The first-order valence-corrected chi connectivity index (χ1v) is 9.64. The number of benzene rings is 2. The van der Waals surface area contributed by atoms with Crippen molar-refractivity contribution < 1.29 is 23.9 Å². The first-order chi connectivity index (χ1) is 14.1. The van der Waals surface area contributed by atoms with Gasteiger partial charge in [-0.1, -0.05) is 43.2 Å².